The molecule has 2 heterocycles. The zero-order valence-corrected chi connectivity index (χ0v) is 8.19. The van der Waals surface area contributed by atoms with Crippen molar-refractivity contribution < 1.29 is 0 Å². The number of aromatic nitrogens is 2. The van der Waals surface area contributed by atoms with E-state index >= 15 is 0 Å². The van der Waals surface area contributed by atoms with E-state index in [1.165, 1.54) is 4.88 Å². The van der Waals surface area contributed by atoms with Crippen molar-refractivity contribution in [3.05, 3.63) is 28.8 Å². The van der Waals surface area contributed by atoms with Crippen molar-refractivity contribution in [2.75, 3.05) is 0 Å². The molecule has 2 aromatic rings. The molecule has 0 bridgehead atoms. The van der Waals surface area contributed by atoms with Crippen molar-refractivity contribution in [2.24, 2.45) is 5.73 Å². The fourth-order valence-corrected chi connectivity index (χ4v) is 2.06. The molecule has 2 rings (SSSR count). The second-order valence-corrected chi connectivity index (χ2v) is 3.80. The summed E-state index contributed by atoms with van der Waals surface area (Å²) in [7, 11) is 0. The third-order valence-corrected chi connectivity index (χ3v) is 2.91. The average molecular weight is 193 g/mol. The number of nitrogens with zero attached hydrogens (tertiary/aromatic N) is 1. The minimum absolute atomic E-state index is 0.537. The van der Waals surface area contributed by atoms with Crippen LogP contribution in [0.25, 0.3) is 10.6 Å². The predicted octanol–water partition coefficient (Wildman–Crippen LogP) is 1.91. The number of H-pyrrole nitrogens is 1. The molecular formula is C9H11N3S. The first-order chi connectivity index (χ1) is 6.33. The zero-order chi connectivity index (χ0) is 9.26. The topological polar surface area (TPSA) is 54.7 Å². The van der Waals surface area contributed by atoms with E-state index < -0.39 is 0 Å². The van der Waals surface area contributed by atoms with Gasteiger partial charge in [-0.25, -0.2) is 0 Å². The lowest BCUT2D eigenvalue weighted by Gasteiger charge is -1.96. The number of hydrogen-bond acceptors (Lipinski definition) is 3. The normalized spacial score (nSPS) is 10.6. The minimum Gasteiger partial charge on any atom is -0.326 e. The van der Waals surface area contributed by atoms with Crippen LogP contribution in [-0.2, 0) is 6.54 Å². The highest BCUT2D eigenvalue weighted by molar-refractivity contribution is 7.13. The van der Waals surface area contributed by atoms with Crippen LogP contribution in [0.5, 0.6) is 0 Å². The van der Waals surface area contributed by atoms with Gasteiger partial charge in [0.2, 0.25) is 0 Å². The molecule has 0 fully saturated rings. The van der Waals surface area contributed by atoms with Gasteiger partial charge in [0.05, 0.1) is 4.88 Å². The summed E-state index contributed by atoms with van der Waals surface area (Å²) in [5, 5.41) is 9.23. The van der Waals surface area contributed by atoms with Crippen molar-refractivity contribution in [1.29, 1.82) is 0 Å². The number of aromatic amines is 1. The lowest BCUT2D eigenvalue weighted by atomic mass is 10.1. The number of hydrogen-bond donors (Lipinski definition) is 2. The van der Waals surface area contributed by atoms with Crippen molar-refractivity contribution >= 4 is 11.3 Å². The van der Waals surface area contributed by atoms with E-state index in [0.29, 0.717) is 6.54 Å². The molecule has 0 aliphatic heterocycles. The molecule has 0 aromatic carbocycles. The summed E-state index contributed by atoms with van der Waals surface area (Å²) >= 11 is 1.68. The summed E-state index contributed by atoms with van der Waals surface area (Å²) in [5.41, 5.74) is 8.82. The largest absolute Gasteiger partial charge is 0.326 e. The molecule has 3 N–H and O–H groups in total. The van der Waals surface area contributed by atoms with Crippen LogP contribution in [0.15, 0.2) is 17.5 Å². The summed E-state index contributed by atoms with van der Waals surface area (Å²) in [6.07, 6.45) is 0. The van der Waals surface area contributed by atoms with Crippen LogP contribution >= 0.6 is 11.3 Å². The maximum absolute atomic E-state index is 5.65. The number of rotatable bonds is 2. The number of nitrogens with two attached hydrogens (primary N) is 1. The Morgan fingerprint density at radius 3 is 3.08 bits per heavy atom. The lowest BCUT2D eigenvalue weighted by Crippen LogP contribution is -1.98. The van der Waals surface area contributed by atoms with Crippen LogP contribution in [0.2, 0.25) is 0 Å². The van der Waals surface area contributed by atoms with Crippen LogP contribution in [0.3, 0.4) is 0 Å². The standard InChI is InChI=1S/C9H11N3S/c1-6-7(5-10)9(12-11-6)8-3-2-4-13-8/h2-4H,5,10H2,1H3,(H,11,12). The molecular weight excluding hydrogens is 182 g/mol. The van der Waals surface area contributed by atoms with Crippen molar-refractivity contribution in [3.8, 4) is 10.6 Å². The Kier molecular flexibility index (Phi) is 2.16. The van der Waals surface area contributed by atoms with E-state index in [0.717, 1.165) is 17.0 Å². The first-order valence-electron chi connectivity index (χ1n) is 4.10. The first kappa shape index (κ1) is 8.47. The summed E-state index contributed by atoms with van der Waals surface area (Å²) < 4.78 is 0. The highest BCUT2D eigenvalue weighted by Gasteiger charge is 2.10. The molecule has 68 valence electrons. The van der Waals surface area contributed by atoms with Crippen LogP contribution in [-0.4, -0.2) is 10.2 Å². The average Bonchev–Trinajstić information content (AvgIpc) is 2.71. The van der Waals surface area contributed by atoms with Gasteiger partial charge in [-0.2, -0.15) is 5.10 Å². The molecule has 13 heavy (non-hydrogen) atoms. The fourth-order valence-electron chi connectivity index (χ4n) is 1.32. The van der Waals surface area contributed by atoms with Gasteiger partial charge >= 0.3 is 0 Å². The molecule has 0 saturated carbocycles. The second kappa shape index (κ2) is 3.32. The smallest absolute Gasteiger partial charge is 0.107 e. The van der Waals surface area contributed by atoms with Gasteiger partial charge < -0.3 is 5.73 Å². The molecule has 0 amide bonds. The summed E-state index contributed by atoms with van der Waals surface area (Å²) in [5.74, 6) is 0. The molecule has 0 spiro atoms. The molecule has 0 unspecified atom stereocenters. The van der Waals surface area contributed by atoms with E-state index in [-0.39, 0.29) is 0 Å². The lowest BCUT2D eigenvalue weighted by molar-refractivity contribution is 1.03. The Morgan fingerprint density at radius 2 is 2.46 bits per heavy atom. The fraction of sp³-hybridized carbons (Fsp3) is 0.222. The summed E-state index contributed by atoms with van der Waals surface area (Å²) in [6, 6.07) is 4.07. The molecule has 0 atom stereocenters. The second-order valence-electron chi connectivity index (χ2n) is 2.86. The van der Waals surface area contributed by atoms with Gasteiger partial charge in [-0.15, -0.1) is 11.3 Å². The molecule has 4 heteroatoms. The highest BCUT2D eigenvalue weighted by Crippen LogP contribution is 2.26. The first-order valence-corrected chi connectivity index (χ1v) is 4.98. The Morgan fingerprint density at radius 1 is 1.62 bits per heavy atom. The third kappa shape index (κ3) is 1.38. The monoisotopic (exact) mass is 193 g/mol. The molecule has 3 nitrogen and oxygen atoms in total. The van der Waals surface area contributed by atoms with Gasteiger partial charge in [0.25, 0.3) is 0 Å². The van der Waals surface area contributed by atoms with Crippen LogP contribution in [0.4, 0.5) is 0 Å². The number of aryl methyl sites for hydroxylation is 1. The Labute approximate surface area is 80.6 Å². The van der Waals surface area contributed by atoms with Gasteiger partial charge in [-0.3, -0.25) is 5.10 Å². The number of thiophene rings is 1. The van der Waals surface area contributed by atoms with Crippen molar-refractivity contribution in [3.63, 3.8) is 0 Å². The van der Waals surface area contributed by atoms with Gasteiger partial charge in [0.1, 0.15) is 5.69 Å². The van der Waals surface area contributed by atoms with Crippen molar-refractivity contribution in [1.82, 2.24) is 10.2 Å². The van der Waals surface area contributed by atoms with Gasteiger partial charge in [0, 0.05) is 17.8 Å². The quantitative estimate of drug-likeness (QED) is 0.765. The predicted molar refractivity (Wildman–Crippen MR) is 54.5 cm³/mol. The van der Waals surface area contributed by atoms with E-state index in [1.54, 1.807) is 11.3 Å². The molecule has 0 radical (unpaired) electrons. The van der Waals surface area contributed by atoms with E-state index in [1.807, 2.05) is 18.4 Å². The Balaban J connectivity index is 2.52. The van der Waals surface area contributed by atoms with Gasteiger partial charge in [0.15, 0.2) is 0 Å². The van der Waals surface area contributed by atoms with Crippen LogP contribution in [0.1, 0.15) is 11.3 Å². The maximum atomic E-state index is 5.65. The van der Waals surface area contributed by atoms with Gasteiger partial charge in [-0.1, -0.05) is 6.07 Å². The number of nitrogens with one attached hydrogen (secondary N) is 1. The van der Waals surface area contributed by atoms with Gasteiger partial charge in [-0.05, 0) is 18.4 Å². The zero-order valence-electron chi connectivity index (χ0n) is 7.37. The van der Waals surface area contributed by atoms with E-state index in [4.69, 9.17) is 5.73 Å². The molecule has 0 saturated heterocycles. The Hall–Kier alpha value is -1.13. The minimum atomic E-state index is 0.537. The molecule has 2 aromatic heterocycles. The van der Waals surface area contributed by atoms with Crippen LogP contribution < -0.4 is 5.73 Å². The SMILES string of the molecule is Cc1[nH]nc(-c2cccs2)c1CN. The molecule has 0 aliphatic rings. The van der Waals surface area contributed by atoms with Crippen LogP contribution in [0, 0.1) is 6.92 Å². The summed E-state index contributed by atoms with van der Waals surface area (Å²) in [6.45, 7) is 2.53. The van der Waals surface area contributed by atoms with Crippen molar-refractivity contribution in [2.45, 2.75) is 13.5 Å². The molecule has 0 aliphatic carbocycles. The third-order valence-electron chi connectivity index (χ3n) is 2.03. The summed E-state index contributed by atoms with van der Waals surface area (Å²) in [4.78, 5) is 1.17. The van der Waals surface area contributed by atoms with E-state index in [2.05, 4.69) is 16.3 Å². The highest BCUT2D eigenvalue weighted by atomic mass is 32.1. The Bertz CT molecular complexity index is 389. The maximum Gasteiger partial charge on any atom is 0.107 e. The van der Waals surface area contributed by atoms with E-state index in [9.17, 15) is 0 Å².